The Labute approximate surface area is 111 Å². The molecule has 0 fully saturated rings. The zero-order valence-corrected chi connectivity index (χ0v) is 11.3. The van der Waals surface area contributed by atoms with Crippen molar-refractivity contribution in [2.24, 2.45) is 7.05 Å². The van der Waals surface area contributed by atoms with E-state index in [2.05, 4.69) is 21.0 Å². The minimum Gasteiger partial charge on any atom is -0.267 e. The van der Waals surface area contributed by atoms with Crippen LogP contribution in [-0.2, 0) is 13.2 Å². The molecule has 0 unspecified atom stereocenters. The summed E-state index contributed by atoms with van der Waals surface area (Å²) < 4.78 is 39.8. The summed E-state index contributed by atoms with van der Waals surface area (Å²) in [5.74, 6) is 0. The molecule has 0 radical (unpaired) electrons. The van der Waals surface area contributed by atoms with Crippen molar-refractivity contribution in [2.75, 3.05) is 0 Å². The van der Waals surface area contributed by atoms with Crippen LogP contribution in [0.2, 0.25) is 0 Å². The third kappa shape index (κ3) is 2.43. The first-order valence-corrected chi connectivity index (χ1v) is 5.96. The fourth-order valence-corrected chi connectivity index (χ4v) is 2.09. The molecule has 0 N–H and O–H groups in total. The van der Waals surface area contributed by atoms with Gasteiger partial charge in [-0.3, -0.25) is 4.68 Å². The summed E-state index contributed by atoms with van der Waals surface area (Å²) in [6, 6.07) is 6.54. The number of alkyl halides is 3. The summed E-state index contributed by atoms with van der Waals surface area (Å²) in [4.78, 5) is 0. The van der Waals surface area contributed by atoms with Crippen LogP contribution in [0.1, 0.15) is 11.3 Å². The van der Waals surface area contributed by atoms with Gasteiger partial charge in [-0.15, -0.1) is 0 Å². The lowest BCUT2D eigenvalue weighted by atomic mass is 10.1. The Morgan fingerprint density at radius 1 is 1.22 bits per heavy atom. The minimum atomic E-state index is -4.42. The predicted octanol–water partition coefficient (Wildman–Crippen LogP) is 4.18. The summed E-state index contributed by atoms with van der Waals surface area (Å²) in [6.07, 6.45) is -4.42. The summed E-state index contributed by atoms with van der Waals surface area (Å²) >= 11 is 3.31. The highest BCUT2D eigenvalue weighted by Crippen LogP contribution is 2.33. The number of halogens is 4. The van der Waals surface area contributed by atoms with Crippen molar-refractivity contribution in [3.05, 3.63) is 40.0 Å². The molecule has 0 bridgehead atoms. The average Bonchev–Trinajstić information content (AvgIpc) is 2.64. The first-order valence-electron chi connectivity index (χ1n) is 5.17. The Morgan fingerprint density at radius 3 is 2.44 bits per heavy atom. The first-order chi connectivity index (χ1) is 8.29. The molecule has 18 heavy (non-hydrogen) atoms. The van der Waals surface area contributed by atoms with Gasteiger partial charge in [0.1, 0.15) is 0 Å². The van der Waals surface area contributed by atoms with Crippen LogP contribution >= 0.6 is 15.9 Å². The summed E-state index contributed by atoms with van der Waals surface area (Å²) in [7, 11) is 1.50. The Bertz CT molecular complexity index is 587. The van der Waals surface area contributed by atoms with Crippen LogP contribution in [0.3, 0.4) is 0 Å². The zero-order valence-electron chi connectivity index (χ0n) is 9.72. The van der Waals surface area contributed by atoms with Gasteiger partial charge in [0.25, 0.3) is 0 Å². The van der Waals surface area contributed by atoms with E-state index in [-0.39, 0.29) is 0 Å². The lowest BCUT2D eigenvalue weighted by Crippen LogP contribution is -2.06. The molecule has 0 spiro atoms. The highest BCUT2D eigenvalue weighted by atomic mass is 79.9. The molecule has 0 aliphatic rings. The third-order valence-corrected chi connectivity index (χ3v) is 3.14. The van der Waals surface area contributed by atoms with E-state index in [9.17, 15) is 13.2 Å². The molecule has 0 amide bonds. The molecule has 0 saturated heterocycles. The number of benzene rings is 1. The second-order valence-corrected chi connectivity index (χ2v) is 4.91. The molecule has 2 rings (SSSR count). The molecule has 0 aliphatic carbocycles. The highest BCUT2D eigenvalue weighted by Gasteiger charge is 2.34. The minimum absolute atomic E-state index is 0.445. The van der Waals surface area contributed by atoms with Gasteiger partial charge >= 0.3 is 6.18 Å². The van der Waals surface area contributed by atoms with Crippen LogP contribution in [0.15, 0.2) is 28.7 Å². The van der Waals surface area contributed by atoms with Crippen molar-refractivity contribution in [2.45, 2.75) is 13.1 Å². The van der Waals surface area contributed by atoms with Crippen molar-refractivity contribution in [3.63, 3.8) is 0 Å². The highest BCUT2D eigenvalue weighted by molar-refractivity contribution is 9.10. The van der Waals surface area contributed by atoms with Crippen molar-refractivity contribution in [1.82, 2.24) is 9.78 Å². The number of rotatable bonds is 1. The lowest BCUT2D eigenvalue weighted by molar-refractivity contribution is -0.141. The van der Waals surface area contributed by atoms with E-state index >= 15 is 0 Å². The van der Waals surface area contributed by atoms with E-state index in [1.54, 1.807) is 6.07 Å². The van der Waals surface area contributed by atoms with Gasteiger partial charge in [0, 0.05) is 17.1 Å². The van der Waals surface area contributed by atoms with Crippen LogP contribution in [0.5, 0.6) is 0 Å². The summed E-state index contributed by atoms with van der Waals surface area (Å²) in [5.41, 5.74) is 1.20. The van der Waals surface area contributed by atoms with Crippen LogP contribution in [-0.4, -0.2) is 9.78 Å². The lowest BCUT2D eigenvalue weighted by Gasteiger charge is -2.06. The van der Waals surface area contributed by atoms with Crippen LogP contribution < -0.4 is 0 Å². The Balaban J connectivity index is 2.58. The quantitative estimate of drug-likeness (QED) is 0.771. The second kappa shape index (κ2) is 4.42. The molecule has 0 saturated carbocycles. The summed E-state index contributed by atoms with van der Waals surface area (Å²) in [5, 5.41) is 3.51. The van der Waals surface area contributed by atoms with E-state index in [1.165, 1.54) is 11.7 Å². The molecular formula is C12H10BrF3N2. The molecule has 96 valence electrons. The van der Waals surface area contributed by atoms with Gasteiger partial charge in [-0.2, -0.15) is 18.3 Å². The van der Waals surface area contributed by atoms with E-state index in [0.29, 0.717) is 5.69 Å². The van der Waals surface area contributed by atoms with Crippen molar-refractivity contribution >= 4 is 15.9 Å². The number of aryl methyl sites for hydroxylation is 2. The first kappa shape index (κ1) is 13.1. The normalized spacial score (nSPS) is 11.9. The van der Waals surface area contributed by atoms with Gasteiger partial charge in [0.15, 0.2) is 5.69 Å². The van der Waals surface area contributed by atoms with Gasteiger partial charge in [-0.05, 0) is 30.7 Å². The van der Waals surface area contributed by atoms with Gasteiger partial charge in [-0.25, -0.2) is 0 Å². The largest absolute Gasteiger partial charge is 0.435 e. The molecule has 6 heteroatoms. The third-order valence-electron chi connectivity index (χ3n) is 2.65. The van der Waals surface area contributed by atoms with E-state index in [0.717, 1.165) is 21.7 Å². The Morgan fingerprint density at radius 2 is 1.89 bits per heavy atom. The molecule has 0 aliphatic heterocycles. The molecule has 1 heterocycles. The number of aromatic nitrogens is 2. The van der Waals surface area contributed by atoms with Crippen molar-refractivity contribution in [1.29, 1.82) is 0 Å². The molecular weight excluding hydrogens is 309 g/mol. The van der Waals surface area contributed by atoms with Gasteiger partial charge < -0.3 is 0 Å². The standard InChI is InChI=1S/C12H10BrF3N2/c1-7-3-4-8(13)5-9(7)10-6-11(12(14,15)16)17-18(10)2/h3-6H,1-2H3. The van der Waals surface area contributed by atoms with Crippen LogP contribution in [0, 0.1) is 6.92 Å². The molecule has 1 aromatic carbocycles. The van der Waals surface area contributed by atoms with E-state index in [4.69, 9.17) is 0 Å². The van der Waals surface area contributed by atoms with Crippen molar-refractivity contribution < 1.29 is 13.2 Å². The molecule has 1 aromatic heterocycles. The van der Waals surface area contributed by atoms with E-state index < -0.39 is 11.9 Å². The van der Waals surface area contributed by atoms with Gasteiger partial charge in [-0.1, -0.05) is 22.0 Å². The van der Waals surface area contributed by atoms with Crippen molar-refractivity contribution in [3.8, 4) is 11.3 Å². The monoisotopic (exact) mass is 318 g/mol. The molecule has 0 atom stereocenters. The number of hydrogen-bond acceptors (Lipinski definition) is 1. The maximum absolute atomic E-state index is 12.6. The average molecular weight is 319 g/mol. The fraction of sp³-hybridized carbons (Fsp3) is 0.250. The number of hydrogen-bond donors (Lipinski definition) is 0. The van der Waals surface area contributed by atoms with E-state index in [1.807, 2.05) is 19.1 Å². The smallest absolute Gasteiger partial charge is 0.267 e. The Hall–Kier alpha value is -1.30. The van der Waals surface area contributed by atoms with Gasteiger partial charge in [0.2, 0.25) is 0 Å². The fourth-order valence-electron chi connectivity index (χ4n) is 1.73. The van der Waals surface area contributed by atoms with Crippen LogP contribution in [0.4, 0.5) is 13.2 Å². The Kier molecular flexibility index (Phi) is 3.23. The second-order valence-electron chi connectivity index (χ2n) is 4.00. The SMILES string of the molecule is Cc1ccc(Br)cc1-c1cc(C(F)(F)F)nn1C. The maximum Gasteiger partial charge on any atom is 0.435 e. The topological polar surface area (TPSA) is 17.8 Å². The molecule has 2 aromatic rings. The van der Waals surface area contributed by atoms with Gasteiger partial charge in [0.05, 0.1) is 5.69 Å². The molecule has 2 nitrogen and oxygen atoms in total. The predicted molar refractivity (Wildman–Crippen MR) is 66.1 cm³/mol. The maximum atomic E-state index is 12.6. The zero-order chi connectivity index (χ0) is 13.5. The van der Waals surface area contributed by atoms with Crippen LogP contribution in [0.25, 0.3) is 11.3 Å². The number of nitrogens with zero attached hydrogens (tertiary/aromatic N) is 2. The summed E-state index contributed by atoms with van der Waals surface area (Å²) in [6.45, 7) is 1.85.